The van der Waals surface area contributed by atoms with Gasteiger partial charge in [0.2, 0.25) is 0 Å². The van der Waals surface area contributed by atoms with Gasteiger partial charge in [-0.1, -0.05) is 90.5 Å². The van der Waals surface area contributed by atoms with E-state index in [1.807, 2.05) is 23.0 Å². The highest BCUT2D eigenvalue weighted by Gasteiger charge is 2.14. The molecule has 158 valence electrons. The van der Waals surface area contributed by atoms with Crippen molar-refractivity contribution in [1.82, 2.24) is 20.3 Å². The first-order valence-electron chi connectivity index (χ1n) is 11.0. The number of hydrogen-bond donors (Lipinski definition) is 1. The van der Waals surface area contributed by atoms with E-state index < -0.39 is 0 Å². The Bertz CT molecular complexity index is 1070. The maximum atomic E-state index is 4.84. The molecular weight excluding hydrogens is 380 g/mol. The van der Waals surface area contributed by atoms with Gasteiger partial charge in [0.1, 0.15) is 11.4 Å². The average molecular weight is 411 g/mol. The summed E-state index contributed by atoms with van der Waals surface area (Å²) >= 11 is 0. The first-order chi connectivity index (χ1) is 15.2. The lowest BCUT2D eigenvalue weighted by atomic mass is 10.1. The van der Waals surface area contributed by atoms with Crippen molar-refractivity contribution in [2.45, 2.75) is 45.8 Å². The molecule has 0 unspecified atom stereocenters. The summed E-state index contributed by atoms with van der Waals surface area (Å²) in [4.78, 5) is 1.82. The lowest BCUT2D eigenvalue weighted by Crippen LogP contribution is -2.26. The average Bonchev–Trinajstić information content (AvgIpc) is 3.21. The number of rotatable bonds is 9. The standard InChI is InChI=1S/C27H30N4/c1-21-13-16-24(17-14-21)20-31-29-26(27(30-31)25-11-7-4-8-12-25)19-28-22(2)15-18-23-9-5-3-6-10-23/h3-14,16-17,22,28H,15,18-20H2,1-2H3/t22-/m0/s1. The second kappa shape index (κ2) is 10.2. The van der Waals surface area contributed by atoms with Crippen molar-refractivity contribution in [1.29, 1.82) is 0 Å². The van der Waals surface area contributed by atoms with Crippen LogP contribution in [0.2, 0.25) is 0 Å². The summed E-state index contributed by atoms with van der Waals surface area (Å²) in [6.07, 6.45) is 2.16. The topological polar surface area (TPSA) is 42.7 Å². The van der Waals surface area contributed by atoms with Gasteiger partial charge in [-0.25, -0.2) is 0 Å². The van der Waals surface area contributed by atoms with Crippen LogP contribution in [-0.2, 0) is 19.5 Å². The van der Waals surface area contributed by atoms with E-state index in [-0.39, 0.29) is 0 Å². The Labute approximate surface area is 185 Å². The molecule has 1 heterocycles. The van der Waals surface area contributed by atoms with Gasteiger partial charge in [-0.2, -0.15) is 15.0 Å². The van der Waals surface area contributed by atoms with Crippen LogP contribution in [0.4, 0.5) is 0 Å². The number of hydrogen-bond acceptors (Lipinski definition) is 3. The van der Waals surface area contributed by atoms with Gasteiger partial charge in [0.25, 0.3) is 0 Å². The number of nitrogens with one attached hydrogen (secondary N) is 1. The van der Waals surface area contributed by atoms with E-state index in [4.69, 9.17) is 10.2 Å². The molecular formula is C27H30N4. The summed E-state index contributed by atoms with van der Waals surface area (Å²) in [5.74, 6) is 0. The Balaban J connectivity index is 1.45. The van der Waals surface area contributed by atoms with Crippen LogP contribution in [0.3, 0.4) is 0 Å². The maximum absolute atomic E-state index is 4.84. The third-order valence-electron chi connectivity index (χ3n) is 5.54. The van der Waals surface area contributed by atoms with Crippen LogP contribution >= 0.6 is 0 Å². The van der Waals surface area contributed by atoms with E-state index in [1.54, 1.807) is 0 Å². The summed E-state index contributed by atoms with van der Waals surface area (Å²) in [5.41, 5.74) is 6.89. The molecule has 0 aliphatic rings. The highest BCUT2D eigenvalue weighted by atomic mass is 15.5. The molecule has 4 heteroatoms. The van der Waals surface area contributed by atoms with Crippen LogP contribution < -0.4 is 5.32 Å². The zero-order chi connectivity index (χ0) is 21.5. The SMILES string of the molecule is Cc1ccc(Cn2nc(CN[C@@H](C)CCc3ccccc3)c(-c3ccccc3)n2)cc1. The fourth-order valence-corrected chi connectivity index (χ4v) is 3.65. The van der Waals surface area contributed by atoms with Crippen molar-refractivity contribution in [3.63, 3.8) is 0 Å². The lowest BCUT2D eigenvalue weighted by Gasteiger charge is -2.13. The highest BCUT2D eigenvalue weighted by molar-refractivity contribution is 5.60. The van der Waals surface area contributed by atoms with Gasteiger partial charge in [-0.3, -0.25) is 0 Å². The number of aromatic nitrogens is 3. The Hall–Kier alpha value is -3.24. The van der Waals surface area contributed by atoms with Crippen molar-refractivity contribution in [3.8, 4) is 11.3 Å². The molecule has 4 rings (SSSR count). The van der Waals surface area contributed by atoms with Crippen LogP contribution in [0.25, 0.3) is 11.3 Å². The van der Waals surface area contributed by atoms with Gasteiger partial charge in [0, 0.05) is 18.2 Å². The number of nitrogens with zero attached hydrogens (tertiary/aromatic N) is 3. The summed E-state index contributed by atoms with van der Waals surface area (Å²) in [6, 6.07) is 29.9. The van der Waals surface area contributed by atoms with Crippen molar-refractivity contribution in [3.05, 3.63) is 107 Å². The molecule has 0 saturated carbocycles. The van der Waals surface area contributed by atoms with Gasteiger partial charge in [0.05, 0.1) is 6.54 Å². The second-order valence-electron chi connectivity index (χ2n) is 8.18. The minimum Gasteiger partial charge on any atom is -0.309 e. The second-order valence-corrected chi connectivity index (χ2v) is 8.18. The Kier molecular flexibility index (Phi) is 6.90. The highest BCUT2D eigenvalue weighted by Crippen LogP contribution is 2.20. The van der Waals surface area contributed by atoms with Gasteiger partial charge < -0.3 is 5.32 Å². The van der Waals surface area contributed by atoms with Crippen LogP contribution in [0.5, 0.6) is 0 Å². The van der Waals surface area contributed by atoms with Gasteiger partial charge >= 0.3 is 0 Å². The zero-order valence-electron chi connectivity index (χ0n) is 18.3. The van der Waals surface area contributed by atoms with Crippen LogP contribution in [0.1, 0.15) is 35.7 Å². The molecule has 31 heavy (non-hydrogen) atoms. The smallest absolute Gasteiger partial charge is 0.117 e. The monoisotopic (exact) mass is 410 g/mol. The molecule has 0 aliphatic heterocycles. The van der Waals surface area contributed by atoms with Gasteiger partial charge in [-0.15, -0.1) is 0 Å². The fourth-order valence-electron chi connectivity index (χ4n) is 3.65. The zero-order valence-corrected chi connectivity index (χ0v) is 18.3. The number of benzene rings is 3. The fraction of sp³-hybridized carbons (Fsp3) is 0.259. The molecule has 0 bridgehead atoms. The van der Waals surface area contributed by atoms with Crippen LogP contribution in [0, 0.1) is 6.92 Å². The molecule has 0 saturated heterocycles. The molecule has 0 radical (unpaired) electrons. The Morgan fingerprint density at radius 1 is 0.806 bits per heavy atom. The summed E-state index contributed by atoms with van der Waals surface area (Å²) in [6.45, 7) is 5.71. The van der Waals surface area contributed by atoms with E-state index in [0.29, 0.717) is 19.1 Å². The molecule has 4 aromatic rings. The third kappa shape index (κ3) is 5.89. The predicted molar refractivity (Wildman–Crippen MR) is 127 cm³/mol. The Morgan fingerprint density at radius 3 is 2.19 bits per heavy atom. The van der Waals surface area contributed by atoms with Gasteiger partial charge in [-0.05, 0) is 37.8 Å². The van der Waals surface area contributed by atoms with E-state index in [2.05, 4.69) is 85.9 Å². The predicted octanol–water partition coefficient (Wildman–Crippen LogP) is 5.41. The molecule has 0 fully saturated rings. The summed E-state index contributed by atoms with van der Waals surface area (Å²) in [7, 11) is 0. The minimum atomic E-state index is 0.395. The molecule has 1 aromatic heterocycles. The first kappa shape index (κ1) is 21.0. The quantitative estimate of drug-likeness (QED) is 0.401. The van der Waals surface area contributed by atoms with Crippen molar-refractivity contribution in [2.75, 3.05) is 0 Å². The minimum absolute atomic E-state index is 0.395. The van der Waals surface area contributed by atoms with Gasteiger partial charge in [0.15, 0.2) is 0 Å². The summed E-state index contributed by atoms with van der Waals surface area (Å²) < 4.78 is 0. The van der Waals surface area contributed by atoms with E-state index in [1.165, 1.54) is 16.7 Å². The lowest BCUT2D eigenvalue weighted by molar-refractivity contribution is 0.503. The third-order valence-corrected chi connectivity index (χ3v) is 5.54. The Morgan fingerprint density at radius 2 is 1.48 bits per heavy atom. The molecule has 0 aliphatic carbocycles. The van der Waals surface area contributed by atoms with E-state index in [0.717, 1.165) is 29.8 Å². The normalized spacial score (nSPS) is 12.1. The molecule has 4 nitrogen and oxygen atoms in total. The van der Waals surface area contributed by atoms with E-state index in [9.17, 15) is 0 Å². The molecule has 1 N–H and O–H groups in total. The first-order valence-corrected chi connectivity index (χ1v) is 11.0. The molecule has 0 spiro atoms. The largest absolute Gasteiger partial charge is 0.309 e. The number of aryl methyl sites for hydroxylation is 2. The van der Waals surface area contributed by atoms with Crippen LogP contribution in [0.15, 0.2) is 84.9 Å². The maximum Gasteiger partial charge on any atom is 0.117 e. The summed E-state index contributed by atoms with van der Waals surface area (Å²) in [5, 5.41) is 13.3. The van der Waals surface area contributed by atoms with Crippen LogP contribution in [-0.4, -0.2) is 21.0 Å². The van der Waals surface area contributed by atoms with E-state index >= 15 is 0 Å². The molecule has 0 amide bonds. The molecule has 1 atom stereocenters. The van der Waals surface area contributed by atoms with Crippen molar-refractivity contribution < 1.29 is 0 Å². The molecule has 3 aromatic carbocycles. The van der Waals surface area contributed by atoms with Crippen molar-refractivity contribution >= 4 is 0 Å². The van der Waals surface area contributed by atoms with Crippen molar-refractivity contribution in [2.24, 2.45) is 0 Å².